The Morgan fingerprint density at radius 3 is 3.00 bits per heavy atom. The zero-order valence-electron chi connectivity index (χ0n) is 5.50. The molecule has 1 aromatic rings. The lowest BCUT2D eigenvalue weighted by Crippen LogP contribution is -1.95. The minimum absolute atomic E-state index is 0.135. The van der Waals surface area contributed by atoms with E-state index in [1.54, 1.807) is 6.92 Å². The maximum Gasteiger partial charge on any atom is 0.309 e. The highest BCUT2D eigenvalue weighted by molar-refractivity contribution is 5.93. The molecule has 0 aliphatic heterocycles. The molecule has 1 N–H and O–H groups in total. The van der Waals surface area contributed by atoms with Gasteiger partial charge in [-0.05, 0) is 0 Å². The summed E-state index contributed by atoms with van der Waals surface area (Å²) in [6.45, 7) is 1.72. The molecule has 0 radical (unpaired) electrons. The molecule has 1 heterocycles. The van der Waals surface area contributed by atoms with E-state index in [4.69, 9.17) is 5.11 Å². The Labute approximate surface area is 57.4 Å². The average Bonchev–Trinajstić information content (AvgIpc) is 2.34. The second-order valence-corrected chi connectivity index (χ2v) is 1.83. The minimum Gasteiger partial charge on any atom is -0.479 e. The van der Waals surface area contributed by atoms with E-state index in [9.17, 15) is 4.79 Å². The molecule has 0 atom stereocenters. The smallest absolute Gasteiger partial charge is 0.309 e. The molecule has 0 spiro atoms. The van der Waals surface area contributed by atoms with Gasteiger partial charge in [0.05, 0.1) is 6.07 Å². The van der Waals surface area contributed by atoms with Crippen LogP contribution in [-0.2, 0) is 0 Å². The van der Waals surface area contributed by atoms with E-state index in [1.807, 2.05) is 0 Å². The third kappa shape index (κ3) is 1.15. The summed E-state index contributed by atoms with van der Waals surface area (Å²) in [6, 6.07) is 1.20. The van der Waals surface area contributed by atoms with E-state index < -0.39 is 0 Å². The van der Waals surface area contributed by atoms with Gasteiger partial charge in [-0.15, -0.1) is 0 Å². The van der Waals surface area contributed by atoms with Gasteiger partial charge in [0.25, 0.3) is 0 Å². The SMILES string of the molecule is CCC(=O)c1cc(O)on1. The summed E-state index contributed by atoms with van der Waals surface area (Å²) in [6.07, 6.45) is 0.367. The quantitative estimate of drug-likeness (QED) is 0.623. The van der Waals surface area contributed by atoms with Gasteiger partial charge in [0, 0.05) is 6.42 Å². The molecular weight excluding hydrogens is 134 g/mol. The van der Waals surface area contributed by atoms with E-state index in [2.05, 4.69) is 9.68 Å². The molecule has 0 bridgehead atoms. The molecule has 0 saturated carbocycles. The number of aromatic hydroxyl groups is 1. The predicted molar refractivity (Wildman–Crippen MR) is 32.8 cm³/mol. The molecule has 4 heteroatoms. The van der Waals surface area contributed by atoms with Crippen LogP contribution in [0.5, 0.6) is 5.95 Å². The van der Waals surface area contributed by atoms with Gasteiger partial charge in [0.1, 0.15) is 0 Å². The standard InChI is InChI=1S/C6H7NO3/c1-2-5(8)4-3-6(9)10-7-4/h3,9H,2H2,1H3. The van der Waals surface area contributed by atoms with Crippen molar-refractivity contribution >= 4 is 5.78 Å². The van der Waals surface area contributed by atoms with Gasteiger partial charge >= 0.3 is 5.95 Å². The van der Waals surface area contributed by atoms with Gasteiger partial charge in [0.2, 0.25) is 0 Å². The minimum atomic E-state index is -0.322. The number of carbonyl (C=O) groups is 1. The molecule has 0 aliphatic rings. The number of aromatic nitrogens is 1. The number of hydrogen-bond donors (Lipinski definition) is 1. The first-order valence-electron chi connectivity index (χ1n) is 2.93. The second-order valence-electron chi connectivity index (χ2n) is 1.83. The summed E-state index contributed by atoms with van der Waals surface area (Å²) in [5.41, 5.74) is 0.181. The molecule has 0 aliphatic carbocycles. The molecule has 54 valence electrons. The van der Waals surface area contributed by atoms with Gasteiger partial charge in [-0.2, -0.15) is 0 Å². The molecule has 4 nitrogen and oxygen atoms in total. The third-order valence-electron chi connectivity index (χ3n) is 1.10. The molecule has 0 amide bonds. The maximum atomic E-state index is 10.8. The number of carbonyl (C=O) groups excluding carboxylic acids is 1. The fraction of sp³-hybridized carbons (Fsp3) is 0.333. The zero-order chi connectivity index (χ0) is 7.56. The molecule has 1 rings (SSSR count). The van der Waals surface area contributed by atoms with Gasteiger partial charge in [-0.3, -0.25) is 4.79 Å². The van der Waals surface area contributed by atoms with Crippen molar-refractivity contribution in [2.75, 3.05) is 0 Å². The Morgan fingerprint density at radius 2 is 2.60 bits per heavy atom. The van der Waals surface area contributed by atoms with E-state index in [1.165, 1.54) is 6.07 Å². The first-order valence-corrected chi connectivity index (χ1v) is 2.93. The highest BCUT2D eigenvalue weighted by Crippen LogP contribution is 2.10. The van der Waals surface area contributed by atoms with Crippen molar-refractivity contribution in [1.82, 2.24) is 5.16 Å². The molecule has 1 aromatic heterocycles. The fourth-order valence-corrected chi connectivity index (χ4v) is 0.578. The zero-order valence-corrected chi connectivity index (χ0v) is 5.50. The summed E-state index contributed by atoms with van der Waals surface area (Å²) in [5.74, 6) is -0.458. The van der Waals surface area contributed by atoms with Gasteiger partial charge in [-0.1, -0.05) is 12.1 Å². The summed E-state index contributed by atoms with van der Waals surface area (Å²) in [4.78, 5) is 10.8. The van der Waals surface area contributed by atoms with E-state index in [0.29, 0.717) is 6.42 Å². The average molecular weight is 141 g/mol. The van der Waals surface area contributed by atoms with Crippen LogP contribution in [0.2, 0.25) is 0 Å². The molecule has 0 saturated heterocycles. The highest BCUT2D eigenvalue weighted by atomic mass is 16.5. The highest BCUT2D eigenvalue weighted by Gasteiger charge is 2.08. The van der Waals surface area contributed by atoms with E-state index in [-0.39, 0.29) is 17.4 Å². The van der Waals surface area contributed by atoms with Crippen LogP contribution in [0.1, 0.15) is 23.8 Å². The second kappa shape index (κ2) is 2.51. The predicted octanol–water partition coefficient (Wildman–Crippen LogP) is 0.973. The van der Waals surface area contributed by atoms with Crippen molar-refractivity contribution in [1.29, 1.82) is 0 Å². The van der Waals surface area contributed by atoms with E-state index >= 15 is 0 Å². The first kappa shape index (κ1) is 6.80. The van der Waals surface area contributed by atoms with Crippen molar-refractivity contribution < 1.29 is 14.4 Å². The molecular formula is C6H7NO3. The number of rotatable bonds is 2. The molecule has 10 heavy (non-hydrogen) atoms. The fourth-order valence-electron chi connectivity index (χ4n) is 0.578. The topological polar surface area (TPSA) is 63.3 Å². The van der Waals surface area contributed by atoms with Crippen LogP contribution >= 0.6 is 0 Å². The van der Waals surface area contributed by atoms with Crippen molar-refractivity contribution in [3.63, 3.8) is 0 Å². The van der Waals surface area contributed by atoms with Crippen molar-refractivity contribution in [3.05, 3.63) is 11.8 Å². The van der Waals surface area contributed by atoms with Crippen LogP contribution in [0.15, 0.2) is 10.6 Å². The Morgan fingerprint density at radius 1 is 1.90 bits per heavy atom. The van der Waals surface area contributed by atoms with Crippen LogP contribution in [0, 0.1) is 0 Å². The normalized spacial score (nSPS) is 9.70. The number of hydrogen-bond acceptors (Lipinski definition) is 4. The lowest BCUT2D eigenvalue weighted by molar-refractivity contribution is 0.0979. The Hall–Kier alpha value is -1.32. The lowest BCUT2D eigenvalue weighted by Gasteiger charge is -1.83. The van der Waals surface area contributed by atoms with Gasteiger partial charge < -0.3 is 9.63 Å². The molecule has 0 fully saturated rings. The van der Waals surface area contributed by atoms with Crippen LogP contribution in [-0.4, -0.2) is 16.0 Å². The van der Waals surface area contributed by atoms with E-state index in [0.717, 1.165) is 0 Å². The number of nitrogens with zero attached hydrogens (tertiary/aromatic N) is 1. The third-order valence-corrected chi connectivity index (χ3v) is 1.10. The monoisotopic (exact) mass is 141 g/mol. The summed E-state index contributed by atoms with van der Waals surface area (Å²) in [5, 5.41) is 11.9. The number of ketones is 1. The first-order chi connectivity index (χ1) is 4.74. The lowest BCUT2D eigenvalue weighted by atomic mass is 10.2. The summed E-state index contributed by atoms with van der Waals surface area (Å²) in [7, 11) is 0. The Kier molecular flexibility index (Phi) is 1.71. The van der Waals surface area contributed by atoms with Crippen LogP contribution in [0.4, 0.5) is 0 Å². The van der Waals surface area contributed by atoms with Crippen LogP contribution in [0.3, 0.4) is 0 Å². The van der Waals surface area contributed by atoms with Gasteiger partial charge in [-0.25, -0.2) is 0 Å². The van der Waals surface area contributed by atoms with Crippen LogP contribution in [0.25, 0.3) is 0 Å². The number of Topliss-reactive ketones (excluding diaryl/α,β-unsaturated/α-hetero) is 1. The molecule has 0 unspecified atom stereocenters. The Balaban J connectivity index is 2.85. The van der Waals surface area contributed by atoms with Crippen LogP contribution < -0.4 is 0 Å². The van der Waals surface area contributed by atoms with Gasteiger partial charge in [0.15, 0.2) is 11.5 Å². The maximum absolute atomic E-state index is 10.8. The largest absolute Gasteiger partial charge is 0.479 e. The molecule has 0 aromatic carbocycles. The summed E-state index contributed by atoms with van der Waals surface area (Å²) >= 11 is 0. The van der Waals surface area contributed by atoms with Crippen molar-refractivity contribution in [2.45, 2.75) is 13.3 Å². The van der Waals surface area contributed by atoms with Crippen molar-refractivity contribution in [2.24, 2.45) is 0 Å². The Bertz CT molecular complexity index is 241. The summed E-state index contributed by atoms with van der Waals surface area (Å²) < 4.78 is 4.27. The van der Waals surface area contributed by atoms with Crippen molar-refractivity contribution in [3.8, 4) is 5.95 Å².